The quantitative estimate of drug-likeness (QED) is 0.831. The zero-order valence-electron chi connectivity index (χ0n) is 12.4. The van der Waals surface area contributed by atoms with Gasteiger partial charge in [-0.3, -0.25) is 0 Å². The maximum Gasteiger partial charge on any atom is 0.335 e. The molecule has 0 saturated carbocycles. The topological polar surface area (TPSA) is 49.8 Å². The standard InChI is InChI=1S/C12H17NO3S.C2H6/c1-8(2)16-11-6-9(12(14)15)5-10(7-11)13(3)17-4;1-2/h5-8H,1-4H3,(H,14,15);1-2H3. The average molecular weight is 285 g/mol. The van der Waals surface area contributed by atoms with Crippen LogP contribution in [-0.4, -0.2) is 30.5 Å². The van der Waals surface area contributed by atoms with Gasteiger partial charge in [-0.25, -0.2) is 4.79 Å². The molecule has 0 heterocycles. The van der Waals surface area contributed by atoms with Crippen molar-refractivity contribution in [3.05, 3.63) is 23.8 Å². The molecular weight excluding hydrogens is 262 g/mol. The summed E-state index contributed by atoms with van der Waals surface area (Å²) in [4.78, 5) is 11.0. The number of carboxylic acid groups (broad SMARTS) is 1. The summed E-state index contributed by atoms with van der Waals surface area (Å²) in [6, 6.07) is 5.01. The highest BCUT2D eigenvalue weighted by atomic mass is 32.2. The van der Waals surface area contributed by atoms with Crippen LogP contribution in [0.4, 0.5) is 5.69 Å². The van der Waals surface area contributed by atoms with Crippen molar-refractivity contribution in [3.63, 3.8) is 0 Å². The van der Waals surface area contributed by atoms with Gasteiger partial charge in [0.15, 0.2) is 0 Å². The van der Waals surface area contributed by atoms with E-state index in [2.05, 4.69) is 0 Å². The Balaban J connectivity index is 0.00000154. The van der Waals surface area contributed by atoms with Crippen LogP contribution in [0.2, 0.25) is 0 Å². The van der Waals surface area contributed by atoms with Gasteiger partial charge >= 0.3 is 5.97 Å². The third-order valence-electron chi connectivity index (χ3n) is 2.15. The Labute approximate surface area is 119 Å². The summed E-state index contributed by atoms with van der Waals surface area (Å²) in [5.41, 5.74) is 1.05. The maximum absolute atomic E-state index is 11.0. The Morgan fingerprint density at radius 2 is 1.89 bits per heavy atom. The minimum Gasteiger partial charge on any atom is -0.491 e. The number of rotatable bonds is 5. The molecule has 0 amide bonds. The van der Waals surface area contributed by atoms with Crippen molar-refractivity contribution >= 4 is 23.6 Å². The first kappa shape index (κ1) is 17.6. The highest BCUT2D eigenvalue weighted by Gasteiger charge is 2.11. The van der Waals surface area contributed by atoms with E-state index >= 15 is 0 Å². The van der Waals surface area contributed by atoms with Crippen molar-refractivity contribution in [1.82, 2.24) is 0 Å². The second-order valence-corrected chi connectivity index (χ2v) is 4.78. The molecule has 0 saturated heterocycles. The van der Waals surface area contributed by atoms with Gasteiger partial charge in [0.2, 0.25) is 0 Å². The summed E-state index contributed by atoms with van der Waals surface area (Å²) < 4.78 is 7.43. The SMILES string of the molecule is CC.CSN(C)c1cc(OC(C)C)cc(C(=O)O)c1. The summed E-state index contributed by atoms with van der Waals surface area (Å²) in [6.07, 6.45) is 1.95. The molecule has 0 radical (unpaired) electrons. The first-order valence-corrected chi connectivity index (χ1v) is 7.45. The third kappa shape index (κ3) is 5.87. The predicted molar refractivity (Wildman–Crippen MR) is 82.4 cm³/mol. The van der Waals surface area contributed by atoms with Crippen LogP contribution in [0.1, 0.15) is 38.1 Å². The van der Waals surface area contributed by atoms with Crippen molar-refractivity contribution in [2.24, 2.45) is 0 Å². The van der Waals surface area contributed by atoms with Gasteiger partial charge in [0, 0.05) is 19.4 Å². The third-order valence-corrected chi connectivity index (χ3v) is 2.91. The average Bonchev–Trinajstić information content (AvgIpc) is 2.38. The molecule has 5 heteroatoms. The van der Waals surface area contributed by atoms with E-state index in [1.165, 1.54) is 11.9 Å². The van der Waals surface area contributed by atoms with Crippen LogP contribution in [0, 0.1) is 0 Å². The lowest BCUT2D eigenvalue weighted by Gasteiger charge is -2.18. The summed E-state index contributed by atoms with van der Waals surface area (Å²) in [5, 5.41) is 9.04. The molecule has 0 bridgehead atoms. The van der Waals surface area contributed by atoms with Crippen LogP contribution in [0.15, 0.2) is 18.2 Å². The van der Waals surface area contributed by atoms with Crippen molar-refractivity contribution in [1.29, 1.82) is 0 Å². The largest absolute Gasteiger partial charge is 0.491 e. The molecular formula is C14H23NO3S. The number of carboxylic acids is 1. The lowest BCUT2D eigenvalue weighted by atomic mass is 10.2. The molecule has 0 unspecified atom stereocenters. The molecule has 0 aliphatic heterocycles. The van der Waals surface area contributed by atoms with Crippen LogP contribution in [0.5, 0.6) is 5.75 Å². The summed E-state index contributed by atoms with van der Waals surface area (Å²) >= 11 is 1.51. The Morgan fingerprint density at radius 1 is 1.32 bits per heavy atom. The van der Waals surface area contributed by atoms with Crippen molar-refractivity contribution in [3.8, 4) is 5.75 Å². The van der Waals surface area contributed by atoms with Gasteiger partial charge in [-0.2, -0.15) is 0 Å². The van der Waals surface area contributed by atoms with E-state index in [9.17, 15) is 4.79 Å². The van der Waals surface area contributed by atoms with E-state index < -0.39 is 5.97 Å². The van der Waals surface area contributed by atoms with E-state index in [0.717, 1.165) is 5.69 Å². The number of anilines is 1. The highest BCUT2D eigenvalue weighted by molar-refractivity contribution is 7.99. The minimum absolute atomic E-state index is 0.0199. The molecule has 1 N–H and O–H groups in total. The van der Waals surface area contributed by atoms with Gasteiger partial charge in [-0.1, -0.05) is 25.8 Å². The van der Waals surface area contributed by atoms with Gasteiger partial charge in [0.25, 0.3) is 0 Å². The molecule has 0 aliphatic rings. The van der Waals surface area contributed by atoms with Crippen LogP contribution in [0.25, 0.3) is 0 Å². The zero-order chi connectivity index (χ0) is 15.0. The van der Waals surface area contributed by atoms with E-state index in [1.54, 1.807) is 12.1 Å². The Morgan fingerprint density at radius 3 is 2.32 bits per heavy atom. The van der Waals surface area contributed by atoms with Gasteiger partial charge < -0.3 is 14.1 Å². The molecule has 0 fully saturated rings. The Bertz CT molecular complexity index is 408. The molecule has 19 heavy (non-hydrogen) atoms. The molecule has 1 aromatic carbocycles. The number of aromatic carboxylic acids is 1. The summed E-state index contributed by atoms with van der Waals surface area (Å²) in [5.74, 6) is -0.370. The van der Waals surface area contributed by atoms with Crippen LogP contribution >= 0.6 is 11.9 Å². The van der Waals surface area contributed by atoms with Crippen LogP contribution in [0.3, 0.4) is 0 Å². The number of nitrogens with zero attached hydrogens (tertiary/aromatic N) is 1. The second-order valence-electron chi connectivity index (χ2n) is 3.87. The number of ether oxygens (including phenoxy) is 1. The number of hydrogen-bond donors (Lipinski definition) is 1. The molecule has 4 nitrogen and oxygen atoms in total. The van der Waals surface area contributed by atoms with Gasteiger partial charge in [-0.15, -0.1) is 0 Å². The van der Waals surface area contributed by atoms with E-state index in [1.807, 2.05) is 51.4 Å². The predicted octanol–water partition coefficient (Wildman–Crippen LogP) is 3.91. The minimum atomic E-state index is -0.949. The Hall–Kier alpha value is -1.36. The summed E-state index contributed by atoms with van der Waals surface area (Å²) in [6.45, 7) is 7.82. The molecule has 108 valence electrons. The van der Waals surface area contributed by atoms with Gasteiger partial charge in [-0.05, 0) is 26.0 Å². The lowest BCUT2D eigenvalue weighted by Crippen LogP contribution is -2.10. The molecule has 1 aromatic rings. The van der Waals surface area contributed by atoms with Crippen molar-refractivity contribution in [2.75, 3.05) is 17.6 Å². The Kier molecular flexibility index (Phi) is 8.07. The molecule has 0 aliphatic carbocycles. The first-order valence-electron chi connectivity index (χ1n) is 6.27. The number of carbonyl (C=O) groups is 1. The second kappa shape index (κ2) is 8.69. The molecule has 0 spiro atoms. The van der Waals surface area contributed by atoms with E-state index in [4.69, 9.17) is 9.84 Å². The molecule has 0 atom stereocenters. The fourth-order valence-electron chi connectivity index (χ4n) is 1.33. The van der Waals surface area contributed by atoms with Crippen LogP contribution < -0.4 is 9.04 Å². The molecule has 0 aromatic heterocycles. The van der Waals surface area contributed by atoms with Crippen molar-refractivity contribution in [2.45, 2.75) is 33.8 Å². The van der Waals surface area contributed by atoms with Gasteiger partial charge in [0.05, 0.1) is 17.4 Å². The zero-order valence-corrected chi connectivity index (χ0v) is 13.2. The number of hydrogen-bond acceptors (Lipinski definition) is 4. The van der Waals surface area contributed by atoms with Crippen molar-refractivity contribution < 1.29 is 14.6 Å². The fraction of sp³-hybridized carbons (Fsp3) is 0.500. The fourth-order valence-corrected chi connectivity index (χ4v) is 1.65. The van der Waals surface area contributed by atoms with E-state index in [0.29, 0.717) is 5.75 Å². The lowest BCUT2D eigenvalue weighted by molar-refractivity contribution is 0.0696. The van der Waals surface area contributed by atoms with E-state index in [-0.39, 0.29) is 11.7 Å². The first-order chi connectivity index (χ1) is 8.93. The highest BCUT2D eigenvalue weighted by Crippen LogP contribution is 2.27. The van der Waals surface area contributed by atoms with Crippen LogP contribution in [-0.2, 0) is 0 Å². The monoisotopic (exact) mass is 285 g/mol. The molecule has 1 rings (SSSR count). The van der Waals surface area contributed by atoms with Gasteiger partial charge in [0.1, 0.15) is 5.75 Å². The normalized spacial score (nSPS) is 9.63. The smallest absolute Gasteiger partial charge is 0.335 e. The summed E-state index contributed by atoms with van der Waals surface area (Å²) in [7, 11) is 1.88. The number of benzene rings is 1. The maximum atomic E-state index is 11.0.